The summed E-state index contributed by atoms with van der Waals surface area (Å²) in [6, 6.07) is 4.35. The van der Waals surface area contributed by atoms with Crippen molar-refractivity contribution in [1.29, 1.82) is 0 Å². The van der Waals surface area contributed by atoms with Gasteiger partial charge in [0.05, 0.1) is 7.11 Å². The maximum atomic E-state index is 13.4. The quantitative estimate of drug-likeness (QED) is 0.855. The van der Waals surface area contributed by atoms with Crippen LogP contribution in [0.25, 0.3) is 0 Å². The molecule has 5 heteroatoms. The van der Waals surface area contributed by atoms with Crippen LogP contribution in [0.5, 0.6) is 0 Å². The van der Waals surface area contributed by atoms with Gasteiger partial charge in [0.1, 0.15) is 11.9 Å². The maximum Gasteiger partial charge on any atom is 0.327 e. The van der Waals surface area contributed by atoms with Crippen molar-refractivity contribution in [3.63, 3.8) is 0 Å². The highest BCUT2D eigenvalue weighted by atomic mass is 19.1. The van der Waals surface area contributed by atoms with Gasteiger partial charge in [-0.1, -0.05) is 12.1 Å². The van der Waals surface area contributed by atoms with Crippen LogP contribution in [-0.2, 0) is 9.53 Å². The summed E-state index contributed by atoms with van der Waals surface area (Å²) in [6.07, 6.45) is 0.980. The van der Waals surface area contributed by atoms with Gasteiger partial charge in [-0.15, -0.1) is 0 Å². The first-order valence-corrected chi connectivity index (χ1v) is 6.92. The molecule has 2 rings (SSSR count). The van der Waals surface area contributed by atoms with Gasteiger partial charge in [-0.25, -0.2) is 9.18 Å². The first kappa shape index (κ1) is 14.9. The molecule has 0 aliphatic carbocycles. The summed E-state index contributed by atoms with van der Waals surface area (Å²) in [5.41, 5.74) is 1.34. The lowest BCUT2D eigenvalue weighted by atomic mass is 10.0. The molecule has 110 valence electrons. The minimum absolute atomic E-state index is 0.255. The Morgan fingerprint density at radius 3 is 2.90 bits per heavy atom. The largest absolute Gasteiger partial charge is 0.468 e. The maximum absolute atomic E-state index is 13.4. The second-order valence-electron chi connectivity index (χ2n) is 5.07. The number of carbonyl (C=O) groups excluding carboxylic acids is 1. The van der Waals surface area contributed by atoms with Crippen molar-refractivity contribution in [3.8, 4) is 0 Å². The van der Waals surface area contributed by atoms with Crippen molar-refractivity contribution in [3.05, 3.63) is 35.1 Å². The molecule has 0 spiro atoms. The second kappa shape index (κ2) is 6.81. The number of hydrogen-bond donors (Lipinski definition) is 1. The molecule has 1 fully saturated rings. The Labute approximate surface area is 118 Å². The van der Waals surface area contributed by atoms with E-state index in [0.717, 1.165) is 38.2 Å². The highest BCUT2D eigenvalue weighted by molar-refractivity contribution is 5.77. The van der Waals surface area contributed by atoms with Crippen LogP contribution < -0.4 is 5.32 Å². The van der Waals surface area contributed by atoms with Crippen LogP contribution in [0.1, 0.15) is 23.6 Å². The number of methoxy groups -OCH3 is 1. The lowest BCUT2D eigenvalue weighted by molar-refractivity contribution is -0.147. The summed E-state index contributed by atoms with van der Waals surface area (Å²) < 4.78 is 18.3. The van der Waals surface area contributed by atoms with Gasteiger partial charge in [-0.05, 0) is 37.1 Å². The van der Waals surface area contributed by atoms with Crippen LogP contribution in [0.15, 0.2) is 18.2 Å². The van der Waals surface area contributed by atoms with Crippen LogP contribution >= 0.6 is 0 Å². The van der Waals surface area contributed by atoms with E-state index in [1.807, 2.05) is 0 Å². The van der Waals surface area contributed by atoms with E-state index in [9.17, 15) is 9.18 Å². The molecule has 0 aromatic heterocycles. The monoisotopic (exact) mass is 280 g/mol. The standard InChI is InChI=1S/C15H21FN2O2/c1-11-10-12(4-5-13(11)16)14(15(19)20-2)18-8-3-6-17-7-9-18/h4-5,10,14,17H,3,6-9H2,1-2H3. The number of nitrogens with one attached hydrogen (secondary N) is 1. The summed E-state index contributed by atoms with van der Waals surface area (Å²) >= 11 is 0. The Morgan fingerprint density at radius 2 is 2.20 bits per heavy atom. The molecule has 1 unspecified atom stereocenters. The lowest BCUT2D eigenvalue weighted by Gasteiger charge is -2.28. The molecule has 1 N–H and O–H groups in total. The van der Waals surface area contributed by atoms with Gasteiger partial charge in [0, 0.05) is 19.6 Å². The Hall–Kier alpha value is -1.46. The predicted molar refractivity (Wildman–Crippen MR) is 75.0 cm³/mol. The molecular formula is C15H21FN2O2. The van der Waals surface area contributed by atoms with Crippen molar-refractivity contribution in [2.24, 2.45) is 0 Å². The number of halogens is 1. The van der Waals surface area contributed by atoms with Crippen molar-refractivity contribution < 1.29 is 13.9 Å². The van der Waals surface area contributed by atoms with E-state index in [1.54, 1.807) is 19.1 Å². The Bertz CT molecular complexity index is 471. The number of ether oxygens (including phenoxy) is 1. The number of rotatable bonds is 3. The molecule has 0 radical (unpaired) electrons. The average molecular weight is 280 g/mol. The van der Waals surface area contributed by atoms with Crippen LogP contribution in [0.3, 0.4) is 0 Å². The summed E-state index contributed by atoms with van der Waals surface area (Å²) in [5.74, 6) is -0.548. The van der Waals surface area contributed by atoms with Gasteiger partial charge >= 0.3 is 5.97 Å². The van der Waals surface area contributed by atoms with Crippen LogP contribution in [0, 0.1) is 12.7 Å². The number of benzene rings is 1. The van der Waals surface area contributed by atoms with Gasteiger partial charge in [0.15, 0.2) is 0 Å². The molecular weight excluding hydrogens is 259 g/mol. The fourth-order valence-corrected chi connectivity index (χ4v) is 2.57. The Kier molecular flexibility index (Phi) is 5.09. The zero-order valence-corrected chi connectivity index (χ0v) is 12.0. The zero-order valence-electron chi connectivity index (χ0n) is 12.0. The van der Waals surface area contributed by atoms with E-state index < -0.39 is 6.04 Å². The van der Waals surface area contributed by atoms with Gasteiger partial charge < -0.3 is 10.1 Å². The average Bonchev–Trinajstić information content (AvgIpc) is 2.72. The predicted octanol–water partition coefficient (Wildman–Crippen LogP) is 1.64. The second-order valence-corrected chi connectivity index (χ2v) is 5.07. The first-order chi connectivity index (χ1) is 9.63. The Morgan fingerprint density at radius 1 is 1.40 bits per heavy atom. The van der Waals surface area contributed by atoms with Crippen molar-refractivity contribution in [2.75, 3.05) is 33.3 Å². The fraction of sp³-hybridized carbons (Fsp3) is 0.533. The molecule has 1 aromatic carbocycles. The highest BCUT2D eigenvalue weighted by Gasteiger charge is 2.29. The molecule has 1 heterocycles. The van der Waals surface area contributed by atoms with Gasteiger partial charge in [-0.2, -0.15) is 0 Å². The highest BCUT2D eigenvalue weighted by Crippen LogP contribution is 2.24. The van der Waals surface area contributed by atoms with Crippen LogP contribution in [0.2, 0.25) is 0 Å². The van der Waals surface area contributed by atoms with E-state index in [4.69, 9.17) is 4.74 Å². The SMILES string of the molecule is COC(=O)C(c1ccc(F)c(C)c1)N1CCCNCC1. The zero-order chi connectivity index (χ0) is 14.5. The smallest absolute Gasteiger partial charge is 0.327 e. The van der Waals surface area contributed by atoms with E-state index in [2.05, 4.69) is 10.2 Å². The minimum Gasteiger partial charge on any atom is -0.468 e. The van der Waals surface area contributed by atoms with Crippen molar-refractivity contribution >= 4 is 5.97 Å². The molecule has 0 saturated carbocycles. The lowest BCUT2D eigenvalue weighted by Crippen LogP contribution is -2.37. The van der Waals surface area contributed by atoms with Crippen molar-refractivity contribution in [1.82, 2.24) is 10.2 Å². The third kappa shape index (κ3) is 3.35. The van der Waals surface area contributed by atoms with E-state index in [-0.39, 0.29) is 11.8 Å². The third-order valence-electron chi connectivity index (χ3n) is 3.66. The summed E-state index contributed by atoms with van der Waals surface area (Å²) in [6.45, 7) is 5.09. The van der Waals surface area contributed by atoms with E-state index >= 15 is 0 Å². The van der Waals surface area contributed by atoms with Crippen LogP contribution in [-0.4, -0.2) is 44.2 Å². The molecule has 4 nitrogen and oxygen atoms in total. The van der Waals surface area contributed by atoms with Crippen LogP contribution in [0.4, 0.5) is 4.39 Å². The van der Waals surface area contributed by atoms with E-state index in [0.29, 0.717) is 5.56 Å². The van der Waals surface area contributed by atoms with E-state index in [1.165, 1.54) is 13.2 Å². The molecule has 1 aromatic rings. The molecule has 0 amide bonds. The topological polar surface area (TPSA) is 41.6 Å². The molecule has 20 heavy (non-hydrogen) atoms. The fourth-order valence-electron chi connectivity index (χ4n) is 2.57. The van der Waals surface area contributed by atoms with Crippen molar-refractivity contribution in [2.45, 2.75) is 19.4 Å². The number of carbonyl (C=O) groups is 1. The molecule has 1 aliphatic heterocycles. The minimum atomic E-state index is -0.459. The summed E-state index contributed by atoms with van der Waals surface area (Å²) in [7, 11) is 1.39. The third-order valence-corrected chi connectivity index (χ3v) is 3.66. The van der Waals surface area contributed by atoms with Gasteiger partial charge in [-0.3, -0.25) is 4.90 Å². The Balaban J connectivity index is 2.30. The number of hydrogen-bond acceptors (Lipinski definition) is 4. The number of esters is 1. The molecule has 1 atom stereocenters. The summed E-state index contributed by atoms with van der Waals surface area (Å²) in [5, 5.41) is 3.31. The number of nitrogens with zero attached hydrogens (tertiary/aromatic N) is 1. The van der Waals surface area contributed by atoms with Gasteiger partial charge in [0.2, 0.25) is 0 Å². The molecule has 1 aliphatic rings. The first-order valence-electron chi connectivity index (χ1n) is 6.92. The molecule has 0 bridgehead atoms. The number of aryl methyl sites for hydroxylation is 1. The summed E-state index contributed by atoms with van der Waals surface area (Å²) in [4.78, 5) is 14.2. The normalized spacial score (nSPS) is 18.4. The van der Waals surface area contributed by atoms with Gasteiger partial charge in [0.25, 0.3) is 0 Å². The molecule has 1 saturated heterocycles.